The molecular formula is C17H23N3O2S. The van der Waals surface area contributed by atoms with Crippen molar-refractivity contribution in [1.29, 1.82) is 0 Å². The smallest absolute Gasteiger partial charge is 0.277 e. The lowest BCUT2D eigenvalue weighted by molar-refractivity contribution is -0.127. The molecule has 0 N–H and O–H groups in total. The van der Waals surface area contributed by atoms with Crippen molar-refractivity contribution < 1.29 is 9.21 Å². The van der Waals surface area contributed by atoms with E-state index in [0.717, 1.165) is 13.1 Å². The highest BCUT2D eigenvalue weighted by molar-refractivity contribution is 7.99. The highest BCUT2D eigenvalue weighted by Crippen LogP contribution is 2.22. The molecule has 1 atom stereocenters. The second kappa shape index (κ2) is 8.72. The zero-order chi connectivity index (χ0) is 16.7. The zero-order valence-corrected chi connectivity index (χ0v) is 14.7. The summed E-state index contributed by atoms with van der Waals surface area (Å²) in [5.41, 5.74) is 1.25. The summed E-state index contributed by atoms with van der Waals surface area (Å²) in [5, 5.41) is 8.56. The van der Waals surface area contributed by atoms with Crippen LogP contribution < -0.4 is 0 Å². The van der Waals surface area contributed by atoms with Gasteiger partial charge in [0.15, 0.2) is 0 Å². The van der Waals surface area contributed by atoms with Gasteiger partial charge in [0.1, 0.15) is 0 Å². The summed E-state index contributed by atoms with van der Waals surface area (Å²) in [7, 11) is 0. The number of amides is 1. The number of hydrogen-bond donors (Lipinski definition) is 0. The van der Waals surface area contributed by atoms with Crippen LogP contribution in [0.25, 0.3) is 0 Å². The van der Waals surface area contributed by atoms with Crippen LogP contribution in [0.3, 0.4) is 0 Å². The second-order valence-electron chi connectivity index (χ2n) is 5.33. The molecule has 0 aliphatic carbocycles. The number of carbonyl (C=O) groups excluding carboxylic acids is 1. The van der Waals surface area contributed by atoms with E-state index in [1.165, 1.54) is 17.3 Å². The van der Waals surface area contributed by atoms with E-state index in [9.17, 15) is 4.79 Å². The first-order chi connectivity index (χ1) is 11.1. The van der Waals surface area contributed by atoms with Crippen LogP contribution in [0.2, 0.25) is 0 Å². The van der Waals surface area contributed by atoms with E-state index in [1.807, 2.05) is 32.0 Å². The molecule has 0 saturated carbocycles. The van der Waals surface area contributed by atoms with Crippen molar-refractivity contribution >= 4 is 17.7 Å². The number of carbonyl (C=O) groups is 1. The summed E-state index contributed by atoms with van der Waals surface area (Å²) in [6, 6.07) is 10.3. The van der Waals surface area contributed by atoms with Crippen LogP contribution in [0.5, 0.6) is 0 Å². The molecule has 6 heteroatoms. The Kier molecular flexibility index (Phi) is 6.65. The largest absolute Gasteiger partial charge is 0.416 e. The van der Waals surface area contributed by atoms with Crippen LogP contribution in [0.15, 0.2) is 40.0 Å². The highest BCUT2D eigenvalue weighted by Gasteiger charge is 2.15. The summed E-state index contributed by atoms with van der Waals surface area (Å²) >= 11 is 1.30. The fourth-order valence-corrected chi connectivity index (χ4v) is 3.01. The summed E-state index contributed by atoms with van der Waals surface area (Å²) < 4.78 is 5.64. The van der Waals surface area contributed by atoms with Gasteiger partial charge in [0.25, 0.3) is 5.22 Å². The number of thioether (sulfide) groups is 1. The molecule has 1 heterocycles. The van der Waals surface area contributed by atoms with Crippen molar-refractivity contribution in [3.8, 4) is 0 Å². The average Bonchev–Trinajstić information content (AvgIpc) is 3.02. The monoisotopic (exact) mass is 333 g/mol. The third kappa shape index (κ3) is 5.10. The lowest BCUT2D eigenvalue weighted by Crippen LogP contribution is -2.31. The van der Waals surface area contributed by atoms with E-state index in [2.05, 4.69) is 29.3 Å². The summed E-state index contributed by atoms with van der Waals surface area (Å²) in [6.07, 6.45) is 0.696. The van der Waals surface area contributed by atoms with E-state index in [1.54, 1.807) is 4.90 Å². The minimum atomic E-state index is 0.0948. The summed E-state index contributed by atoms with van der Waals surface area (Å²) in [5.74, 6) is 1.35. The van der Waals surface area contributed by atoms with Gasteiger partial charge in [0.2, 0.25) is 11.8 Å². The number of hydrogen-bond acceptors (Lipinski definition) is 5. The summed E-state index contributed by atoms with van der Waals surface area (Å²) in [6.45, 7) is 7.53. The number of benzene rings is 1. The molecular weight excluding hydrogens is 310 g/mol. The molecule has 1 amide bonds. The third-order valence-electron chi connectivity index (χ3n) is 3.73. The van der Waals surface area contributed by atoms with E-state index < -0.39 is 0 Å². The van der Waals surface area contributed by atoms with Gasteiger partial charge in [-0.15, -0.1) is 10.2 Å². The third-order valence-corrected chi connectivity index (χ3v) is 4.54. The van der Waals surface area contributed by atoms with Crippen molar-refractivity contribution in [2.75, 3.05) is 18.8 Å². The van der Waals surface area contributed by atoms with E-state index >= 15 is 0 Å². The number of rotatable bonds is 8. The zero-order valence-electron chi connectivity index (χ0n) is 13.9. The maximum absolute atomic E-state index is 12.0. The SMILES string of the molecule is CCN(CC)C(=O)CSc1nnc(CC(C)c2ccccc2)o1. The first kappa shape index (κ1) is 17.5. The predicted octanol–water partition coefficient (Wildman–Crippen LogP) is 3.38. The molecule has 1 aromatic carbocycles. The van der Waals surface area contributed by atoms with Crippen LogP contribution in [-0.2, 0) is 11.2 Å². The Morgan fingerprint density at radius 2 is 1.91 bits per heavy atom. The van der Waals surface area contributed by atoms with E-state index in [-0.39, 0.29) is 5.91 Å². The van der Waals surface area contributed by atoms with Crippen LogP contribution in [0, 0.1) is 0 Å². The fourth-order valence-electron chi connectivity index (χ4n) is 2.33. The Balaban J connectivity index is 1.87. The first-order valence-electron chi connectivity index (χ1n) is 7.91. The van der Waals surface area contributed by atoms with Gasteiger partial charge in [0, 0.05) is 19.5 Å². The van der Waals surface area contributed by atoms with Gasteiger partial charge >= 0.3 is 0 Å². The quantitative estimate of drug-likeness (QED) is 0.693. The topological polar surface area (TPSA) is 59.2 Å². The van der Waals surface area contributed by atoms with E-state index in [4.69, 9.17) is 4.42 Å². The van der Waals surface area contributed by atoms with Crippen molar-refractivity contribution in [3.05, 3.63) is 41.8 Å². The molecule has 0 aliphatic rings. The van der Waals surface area contributed by atoms with Crippen molar-refractivity contribution in [2.45, 2.75) is 38.3 Å². The molecule has 5 nitrogen and oxygen atoms in total. The van der Waals surface area contributed by atoms with Gasteiger partial charge in [0.05, 0.1) is 5.75 Å². The van der Waals surface area contributed by atoms with Crippen LogP contribution >= 0.6 is 11.8 Å². The molecule has 1 aromatic heterocycles. The van der Waals surface area contributed by atoms with Crippen LogP contribution in [0.4, 0.5) is 0 Å². The second-order valence-corrected chi connectivity index (χ2v) is 6.26. The molecule has 124 valence electrons. The van der Waals surface area contributed by atoms with Gasteiger partial charge < -0.3 is 9.32 Å². The van der Waals surface area contributed by atoms with Gasteiger partial charge in [-0.05, 0) is 25.3 Å². The van der Waals surface area contributed by atoms with E-state index in [0.29, 0.717) is 29.2 Å². The minimum Gasteiger partial charge on any atom is -0.416 e. The maximum atomic E-state index is 12.0. The van der Waals surface area contributed by atoms with Gasteiger partial charge in [-0.1, -0.05) is 49.0 Å². The van der Waals surface area contributed by atoms with Gasteiger partial charge in [-0.2, -0.15) is 0 Å². The number of aromatic nitrogens is 2. The Hall–Kier alpha value is -1.82. The molecule has 23 heavy (non-hydrogen) atoms. The maximum Gasteiger partial charge on any atom is 0.277 e. The van der Waals surface area contributed by atoms with Crippen molar-refractivity contribution in [1.82, 2.24) is 15.1 Å². The predicted molar refractivity (Wildman–Crippen MR) is 91.5 cm³/mol. The van der Waals surface area contributed by atoms with Crippen LogP contribution in [0.1, 0.15) is 38.1 Å². The Labute approximate surface area is 141 Å². The van der Waals surface area contributed by atoms with Crippen molar-refractivity contribution in [2.24, 2.45) is 0 Å². The molecule has 0 saturated heterocycles. The van der Waals surface area contributed by atoms with Gasteiger partial charge in [-0.3, -0.25) is 4.79 Å². The van der Waals surface area contributed by atoms with Crippen molar-refractivity contribution in [3.63, 3.8) is 0 Å². The number of nitrogens with zero attached hydrogens (tertiary/aromatic N) is 3. The Morgan fingerprint density at radius 1 is 1.22 bits per heavy atom. The fraction of sp³-hybridized carbons (Fsp3) is 0.471. The average molecular weight is 333 g/mol. The summed E-state index contributed by atoms with van der Waals surface area (Å²) in [4.78, 5) is 13.8. The lowest BCUT2D eigenvalue weighted by atomic mass is 9.98. The molecule has 0 radical (unpaired) electrons. The normalized spacial score (nSPS) is 12.1. The minimum absolute atomic E-state index is 0.0948. The molecule has 2 aromatic rings. The Morgan fingerprint density at radius 3 is 2.57 bits per heavy atom. The lowest BCUT2D eigenvalue weighted by Gasteiger charge is -2.17. The molecule has 0 bridgehead atoms. The molecule has 0 aliphatic heterocycles. The standard InChI is InChI=1S/C17H23N3O2S/c1-4-20(5-2)16(21)12-23-17-19-18-15(22-17)11-13(3)14-9-7-6-8-10-14/h6-10,13H,4-5,11-12H2,1-3H3. The molecule has 2 rings (SSSR count). The Bertz CT molecular complexity index is 611. The molecule has 0 spiro atoms. The highest BCUT2D eigenvalue weighted by atomic mass is 32.2. The molecule has 0 fully saturated rings. The van der Waals surface area contributed by atoms with Crippen LogP contribution in [-0.4, -0.2) is 39.8 Å². The molecule has 1 unspecified atom stereocenters. The van der Waals surface area contributed by atoms with Gasteiger partial charge in [-0.25, -0.2) is 0 Å². The first-order valence-corrected chi connectivity index (χ1v) is 8.90.